The summed E-state index contributed by atoms with van der Waals surface area (Å²) >= 11 is 0. The Bertz CT molecular complexity index is 639. The van der Waals surface area contributed by atoms with Crippen molar-refractivity contribution in [2.24, 2.45) is 0 Å². The van der Waals surface area contributed by atoms with E-state index in [9.17, 15) is 30.3 Å². The van der Waals surface area contributed by atoms with Crippen LogP contribution in [0, 0.1) is 0 Å². The summed E-state index contributed by atoms with van der Waals surface area (Å²) in [4.78, 5) is 11.0. The maximum Gasteiger partial charge on any atom is 0.471 e. The number of amides is 1. The minimum atomic E-state index is -5.01. The highest BCUT2D eigenvalue weighted by Gasteiger charge is 2.44. The van der Waals surface area contributed by atoms with E-state index in [2.05, 4.69) is 0 Å². The van der Waals surface area contributed by atoms with Crippen molar-refractivity contribution >= 4 is 21.8 Å². The first-order chi connectivity index (χ1) is 8.60. The Morgan fingerprint density at radius 2 is 1.89 bits per heavy atom. The summed E-state index contributed by atoms with van der Waals surface area (Å²) in [7, 11) is -4.92. The molecule has 4 nitrogen and oxygen atoms in total. The molecular formula is C10H7F4NO3S. The van der Waals surface area contributed by atoms with Gasteiger partial charge in [-0.05, 0) is 30.2 Å². The van der Waals surface area contributed by atoms with Crippen molar-refractivity contribution in [3.05, 3.63) is 23.8 Å². The normalized spacial score (nSPS) is 15.5. The first kappa shape index (κ1) is 13.8. The van der Waals surface area contributed by atoms with E-state index in [0.29, 0.717) is 4.90 Å². The number of nitrogens with zero attached hydrogens (tertiary/aromatic N) is 1. The summed E-state index contributed by atoms with van der Waals surface area (Å²) < 4.78 is 71.1. The van der Waals surface area contributed by atoms with Gasteiger partial charge < -0.3 is 4.90 Å². The van der Waals surface area contributed by atoms with Crippen LogP contribution >= 0.6 is 0 Å². The van der Waals surface area contributed by atoms with Gasteiger partial charge in [-0.3, -0.25) is 4.79 Å². The molecule has 0 aromatic heterocycles. The molecular weight excluding hydrogens is 290 g/mol. The zero-order chi connectivity index (χ0) is 14.4. The van der Waals surface area contributed by atoms with Crippen LogP contribution in [0.25, 0.3) is 0 Å². The third-order valence-electron chi connectivity index (χ3n) is 2.72. The Hall–Kier alpha value is -1.64. The van der Waals surface area contributed by atoms with Crippen LogP contribution < -0.4 is 4.90 Å². The van der Waals surface area contributed by atoms with Crippen molar-refractivity contribution in [1.29, 1.82) is 0 Å². The van der Waals surface area contributed by atoms with Gasteiger partial charge >= 0.3 is 22.3 Å². The highest BCUT2D eigenvalue weighted by molar-refractivity contribution is 7.86. The van der Waals surface area contributed by atoms with Crippen LogP contribution in [-0.4, -0.2) is 27.0 Å². The average Bonchev–Trinajstić information content (AvgIpc) is 2.67. The summed E-state index contributed by atoms with van der Waals surface area (Å²) in [6.45, 7) is -0.219. The number of benzene rings is 1. The molecule has 1 heterocycles. The average molecular weight is 297 g/mol. The fourth-order valence-electron chi connectivity index (χ4n) is 1.89. The van der Waals surface area contributed by atoms with Crippen LogP contribution in [0.4, 0.5) is 22.7 Å². The number of anilines is 1. The molecule has 0 N–H and O–H groups in total. The van der Waals surface area contributed by atoms with E-state index in [1.54, 1.807) is 0 Å². The van der Waals surface area contributed by atoms with E-state index in [-0.39, 0.29) is 24.2 Å². The van der Waals surface area contributed by atoms with Gasteiger partial charge in [0, 0.05) is 12.2 Å². The molecule has 0 fully saturated rings. The van der Waals surface area contributed by atoms with E-state index >= 15 is 0 Å². The third kappa shape index (κ3) is 2.55. The van der Waals surface area contributed by atoms with Crippen LogP contribution in [0.2, 0.25) is 0 Å². The SMILES string of the molecule is O=C(N1CCc2cc(S(=O)(=O)F)ccc21)C(F)(F)F. The van der Waals surface area contributed by atoms with Crippen LogP contribution in [0.5, 0.6) is 0 Å². The minimum Gasteiger partial charge on any atom is -0.304 e. The Kier molecular flexibility index (Phi) is 3.04. The Morgan fingerprint density at radius 1 is 1.26 bits per heavy atom. The number of hydrogen-bond acceptors (Lipinski definition) is 3. The lowest BCUT2D eigenvalue weighted by Gasteiger charge is -2.18. The fourth-order valence-corrected chi connectivity index (χ4v) is 2.41. The number of hydrogen-bond donors (Lipinski definition) is 0. The predicted octanol–water partition coefficient (Wildman–Crippen LogP) is 1.80. The molecule has 0 saturated carbocycles. The first-order valence-electron chi connectivity index (χ1n) is 5.07. The number of alkyl halides is 3. The Balaban J connectivity index is 2.41. The zero-order valence-electron chi connectivity index (χ0n) is 9.24. The second kappa shape index (κ2) is 4.19. The monoisotopic (exact) mass is 297 g/mol. The quantitative estimate of drug-likeness (QED) is 0.586. The van der Waals surface area contributed by atoms with Crippen molar-refractivity contribution in [3.8, 4) is 0 Å². The van der Waals surface area contributed by atoms with Crippen molar-refractivity contribution in [2.75, 3.05) is 11.4 Å². The van der Waals surface area contributed by atoms with E-state index in [4.69, 9.17) is 0 Å². The second-order valence-corrected chi connectivity index (χ2v) is 5.28. The number of fused-ring (bicyclic) bond motifs is 1. The molecule has 0 unspecified atom stereocenters. The molecule has 1 aliphatic rings. The lowest BCUT2D eigenvalue weighted by atomic mass is 10.2. The van der Waals surface area contributed by atoms with Gasteiger partial charge in [0.25, 0.3) is 0 Å². The lowest BCUT2D eigenvalue weighted by molar-refractivity contribution is -0.170. The standard InChI is InChI=1S/C10H7F4NO3S/c11-10(12,13)9(16)15-4-3-6-5-7(19(14,17)18)1-2-8(6)15/h1-2,5H,3-4H2. The van der Waals surface area contributed by atoms with E-state index in [0.717, 1.165) is 18.2 Å². The van der Waals surface area contributed by atoms with Crippen molar-refractivity contribution in [2.45, 2.75) is 17.5 Å². The molecule has 0 spiro atoms. The molecule has 1 amide bonds. The Labute approximate surface area is 105 Å². The zero-order valence-corrected chi connectivity index (χ0v) is 10.1. The number of halogens is 4. The van der Waals surface area contributed by atoms with Gasteiger partial charge in [0.1, 0.15) is 0 Å². The van der Waals surface area contributed by atoms with Crippen LogP contribution in [-0.2, 0) is 21.4 Å². The molecule has 1 aromatic carbocycles. The summed E-state index contributed by atoms with van der Waals surface area (Å²) in [5.41, 5.74) is 0.144. The number of rotatable bonds is 1. The van der Waals surface area contributed by atoms with Crippen molar-refractivity contribution in [3.63, 3.8) is 0 Å². The summed E-state index contributed by atoms with van der Waals surface area (Å²) in [5, 5.41) is 0. The van der Waals surface area contributed by atoms with E-state index < -0.39 is 27.2 Å². The van der Waals surface area contributed by atoms with Crippen LogP contribution in [0.15, 0.2) is 23.1 Å². The van der Waals surface area contributed by atoms with Gasteiger partial charge in [-0.25, -0.2) is 0 Å². The highest BCUT2D eigenvalue weighted by Crippen LogP contribution is 2.33. The molecule has 0 radical (unpaired) electrons. The minimum absolute atomic E-state index is 0.0422. The highest BCUT2D eigenvalue weighted by atomic mass is 32.3. The summed E-state index contributed by atoms with van der Waals surface area (Å²) in [6, 6.07) is 2.77. The van der Waals surface area contributed by atoms with Gasteiger partial charge in [0.15, 0.2) is 0 Å². The molecule has 0 bridgehead atoms. The summed E-state index contributed by atoms with van der Waals surface area (Å²) in [5.74, 6) is -2.03. The van der Waals surface area contributed by atoms with E-state index in [1.807, 2.05) is 0 Å². The first-order valence-corrected chi connectivity index (χ1v) is 6.45. The molecule has 0 saturated heterocycles. The Morgan fingerprint density at radius 3 is 2.42 bits per heavy atom. The molecule has 0 aliphatic carbocycles. The molecule has 104 valence electrons. The molecule has 9 heteroatoms. The maximum atomic E-state index is 12.7. The summed E-state index contributed by atoms with van der Waals surface area (Å²) in [6.07, 6.45) is -4.97. The van der Waals surface area contributed by atoms with Gasteiger partial charge in [0.05, 0.1) is 4.90 Å². The van der Waals surface area contributed by atoms with Gasteiger partial charge in [-0.15, -0.1) is 3.89 Å². The topological polar surface area (TPSA) is 54.5 Å². The predicted molar refractivity (Wildman–Crippen MR) is 56.8 cm³/mol. The van der Waals surface area contributed by atoms with E-state index in [1.165, 1.54) is 0 Å². The van der Waals surface area contributed by atoms with Crippen molar-refractivity contribution in [1.82, 2.24) is 0 Å². The fraction of sp³-hybridized carbons (Fsp3) is 0.300. The molecule has 1 aliphatic heterocycles. The number of carbonyl (C=O) groups is 1. The smallest absolute Gasteiger partial charge is 0.304 e. The van der Waals surface area contributed by atoms with Gasteiger partial charge in [-0.1, -0.05) is 0 Å². The number of carbonyl (C=O) groups excluding carboxylic acids is 1. The maximum absolute atomic E-state index is 12.7. The molecule has 2 rings (SSSR count). The molecule has 1 aromatic rings. The molecule has 0 atom stereocenters. The van der Waals surface area contributed by atoms with Crippen molar-refractivity contribution < 1.29 is 30.3 Å². The van der Waals surface area contributed by atoms with Gasteiger partial charge in [-0.2, -0.15) is 21.6 Å². The van der Waals surface area contributed by atoms with Crippen LogP contribution in [0.3, 0.4) is 0 Å². The lowest BCUT2D eigenvalue weighted by Crippen LogP contribution is -2.40. The molecule has 19 heavy (non-hydrogen) atoms. The second-order valence-electron chi connectivity index (χ2n) is 3.93. The van der Waals surface area contributed by atoms with Gasteiger partial charge in [0.2, 0.25) is 0 Å². The third-order valence-corrected chi connectivity index (χ3v) is 3.53. The largest absolute Gasteiger partial charge is 0.471 e. The van der Waals surface area contributed by atoms with Crippen LogP contribution in [0.1, 0.15) is 5.56 Å².